The minimum absolute atomic E-state index is 0.247. The smallest absolute Gasteiger partial charge is 0.352 e. The topological polar surface area (TPSA) is 60.7 Å². The first-order valence-electron chi connectivity index (χ1n) is 7.72. The van der Waals surface area contributed by atoms with E-state index in [1.807, 2.05) is 48.5 Å². The van der Waals surface area contributed by atoms with Crippen LogP contribution >= 0.6 is 0 Å². The third kappa shape index (κ3) is 3.26. The van der Waals surface area contributed by atoms with Gasteiger partial charge in [0.2, 0.25) is 0 Å². The summed E-state index contributed by atoms with van der Waals surface area (Å²) >= 11 is 0. The van der Waals surface area contributed by atoms with Crippen LogP contribution in [-0.4, -0.2) is 36.0 Å². The van der Waals surface area contributed by atoms with E-state index in [0.717, 1.165) is 16.5 Å². The SMILES string of the molecule is COCCOc1cccc2c1cc(C(=O)O)n2Cc1ccccc1. The molecule has 124 valence electrons. The van der Waals surface area contributed by atoms with E-state index in [9.17, 15) is 9.90 Å². The number of rotatable bonds is 7. The lowest BCUT2D eigenvalue weighted by molar-refractivity contribution is 0.0686. The summed E-state index contributed by atoms with van der Waals surface area (Å²) in [4.78, 5) is 11.7. The number of hydrogen-bond donors (Lipinski definition) is 1. The number of carbonyl (C=O) groups is 1. The lowest BCUT2D eigenvalue weighted by atomic mass is 10.2. The molecule has 1 heterocycles. The molecule has 0 aliphatic rings. The van der Waals surface area contributed by atoms with Crippen LogP contribution < -0.4 is 4.74 Å². The highest BCUT2D eigenvalue weighted by atomic mass is 16.5. The van der Waals surface area contributed by atoms with Crippen molar-refractivity contribution in [3.05, 3.63) is 65.9 Å². The van der Waals surface area contributed by atoms with E-state index in [2.05, 4.69) is 0 Å². The molecule has 0 fully saturated rings. The van der Waals surface area contributed by atoms with Gasteiger partial charge >= 0.3 is 5.97 Å². The molecule has 0 radical (unpaired) electrons. The lowest BCUT2D eigenvalue weighted by Gasteiger charge is -2.10. The van der Waals surface area contributed by atoms with E-state index in [0.29, 0.717) is 25.5 Å². The highest BCUT2D eigenvalue weighted by Crippen LogP contribution is 2.29. The van der Waals surface area contributed by atoms with Crippen LogP contribution in [0.4, 0.5) is 0 Å². The Balaban J connectivity index is 2.04. The number of nitrogens with zero attached hydrogens (tertiary/aromatic N) is 1. The standard InChI is InChI=1S/C19H19NO4/c1-23-10-11-24-18-9-5-8-16-15(18)12-17(19(21)22)20(16)13-14-6-3-2-4-7-14/h2-9,12H,10-11,13H2,1H3,(H,21,22). The zero-order valence-electron chi connectivity index (χ0n) is 13.4. The van der Waals surface area contributed by atoms with Gasteiger partial charge in [-0.05, 0) is 23.8 Å². The highest BCUT2D eigenvalue weighted by Gasteiger charge is 2.17. The average Bonchev–Trinajstić information content (AvgIpc) is 2.96. The molecule has 0 spiro atoms. The Morgan fingerprint density at radius 1 is 1.08 bits per heavy atom. The molecule has 0 unspecified atom stereocenters. The predicted octanol–water partition coefficient (Wildman–Crippen LogP) is 3.41. The Labute approximate surface area is 140 Å². The number of carboxylic acids is 1. The molecular weight excluding hydrogens is 306 g/mol. The summed E-state index contributed by atoms with van der Waals surface area (Å²) in [5.74, 6) is -0.288. The second-order valence-corrected chi connectivity index (χ2v) is 5.44. The van der Waals surface area contributed by atoms with Gasteiger partial charge in [-0.2, -0.15) is 0 Å². The molecule has 24 heavy (non-hydrogen) atoms. The Bertz CT molecular complexity index is 839. The normalized spacial score (nSPS) is 10.9. The van der Waals surface area contributed by atoms with E-state index in [4.69, 9.17) is 9.47 Å². The van der Waals surface area contributed by atoms with Crippen molar-refractivity contribution < 1.29 is 19.4 Å². The van der Waals surface area contributed by atoms with Crippen LogP contribution in [0.2, 0.25) is 0 Å². The van der Waals surface area contributed by atoms with Gasteiger partial charge in [-0.25, -0.2) is 4.79 Å². The fraction of sp³-hybridized carbons (Fsp3) is 0.211. The summed E-state index contributed by atoms with van der Waals surface area (Å²) in [5, 5.41) is 10.4. The third-order valence-electron chi connectivity index (χ3n) is 3.85. The molecule has 2 aromatic carbocycles. The highest BCUT2D eigenvalue weighted by molar-refractivity contribution is 5.97. The van der Waals surface area contributed by atoms with Crippen molar-refractivity contribution in [1.82, 2.24) is 4.57 Å². The fourth-order valence-corrected chi connectivity index (χ4v) is 2.73. The molecule has 0 atom stereocenters. The van der Waals surface area contributed by atoms with Crippen molar-refractivity contribution >= 4 is 16.9 Å². The van der Waals surface area contributed by atoms with E-state index in [-0.39, 0.29) is 5.69 Å². The van der Waals surface area contributed by atoms with Crippen molar-refractivity contribution in [2.24, 2.45) is 0 Å². The molecule has 1 N–H and O–H groups in total. The van der Waals surface area contributed by atoms with E-state index < -0.39 is 5.97 Å². The molecular formula is C19H19NO4. The van der Waals surface area contributed by atoms with Crippen LogP contribution in [0.15, 0.2) is 54.6 Å². The maximum absolute atomic E-state index is 11.7. The molecule has 0 amide bonds. The molecule has 3 rings (SSSR count). The number of hydrogen-bond acceptors (Lipinski definition) is 3. The summed E-state index contributed by atoms with van der Waals surface area (Å²) in [6.45, 7) is 1.39. The van der Waals surface area contributed by atoms with Crippen molar-refractivity contribution in [3.63, 3.8) is 0 Å². The van der Waals surface area contributed by atoms with E-state index >= 15 is 0 Å². The summed E-state index contributed by atoms with van der Waals surface area (Å²) in [6, 6.07) is 17.1. The molecule has 5 nitrogen and oxygen atoms in total. The largest absolute Gasteiger partial charge is 0.490 e. The summed E-state index contributed by atoms with van der Waals surface area (Å²) in [5.41, 5.74) is 2.13. The minimum Gasteiger partial charge on any atom is -0.490 e. The summed E-state index contributed by atoms with van der Waals surface area (Å²) in [6.07, 6.45) is 0. The Kier molecular flexibility index (Phi) is 4.82. The summed E-state index contributed by atoms with van der Waals surface area (Å²) in [7, 11) is 1.61. The number of methoxy groups -OCH3 is 1. The van der Waals surface area contributed by atoms with Gasteiger partial charge in [0, 0.05) is 19.0 Å². The number of ether oxygens (including phenoxy) is 2. The van der Waals surface area contributed by atoms with Gasteiger partial charge in [-0.15, -0.1) is 0 Å². The van der Waals surface area contributed by atoms with Crippen LogP contribution in [0.25, 0.3) is 10.9 Å². The van der Waals surface area contributed by atoms with Gasteiger partial charge in [-0.3, -0.25) is 0 Å². The second kappa shape index (κ2) is 7.19. The molecule has 0 saturated heterocycles. The van der Waals surface area contributed by atoms with Crippen molar-refractivity contribution in [3.8, 4) is 5.75 Å². The molecule has 5 heteroatoms. The molecule has 0 aliphatic carbocycles. The van der Waals surface area contributed by atoms with Crippen LogP contribution in [0, 0.1) is 0 Å². The molecule has 0 saturated carbocycles. The Hall–Kier alpha value is -2.79. The molecule has 3 aromatic rings. The Morgan fingerprint density at radius 3 is 2.58 bits per heavy atom. The maximum Gasteiger partial charge on any atom is 0.352 e. The minimum atomic E-state index is -0.954. The second-order valence-electron chi connectivity index (χ2n) is 5.44. The van der Waals surface area contributed by atoms with Gasteiger partial charge < -0.3 is 19.1 Å². The van der Waals surface area contributed by atoms with Crippen molar-refractivity contribution in [2.45, 2.75) is 6.54 Å². The van der Waals surface area contributed by atoms with Crippen LogP contribution in [0.3, 0.4) is 0 Å². The number of aromatic carboxylic acids is 1. The maximum atomic E-state index is 11.7. The summed E-state index contributed by atoms with van der Waals surface area (Å²) < 4.78 is 12.5. The zero-order chi connectivity index (χ0) is 16.9. The van der Waals surface area contributed by atoms with Gasteiger partial charge in [-0.1, -0.05) is 36.4 Å². The van der Waals surface area contributed by atoms with E-state index in [1.54, 1.807) is 17.7 Å². The fourth-order valence-electron chi connectivity index (χ4n) is 2.73. The van der Waals surface area contributed by atoms with Crippen molar-refractivity contribution in [2.75, 3.05) is 20.3 Å². The monoisotopic (exact) mass is 325 g/mol. The van der Waals surface area contributed by atoms with Crippen LogP contribution in [0.1, 0.15) is 16.1 Å². The van der Waals surface area contributed by atoms with Gasteiger partial charge in [0.15, 0.2) is 0 Å². The molecule has 0 bridgehead atoms. The first-order chi connectivity index (χ1) is 11.7. The van der Waals surface area contributed by atoms with Crippen LogP contribution in [-0.2, 0) is 11.3 Å². The number of carboxylic acid groups (broad SMARTS) is 1. The zero-order valence-corrected chi connectivity index (χ0v) is 13.4. The Morgan fingerprint density at radius 2 is 1.88 bits per heavy atom. The molecule has 1 aromatic heterocycles. The quantitative estimate of drug-likeness (QED) is 0.676. The average molecular weight is 325 g/mol. The first kappa shape index (κ1) is 16.1. The van der Waals surface area contributed by atoms with Gasteiger partial charge in [0.1, 0.15) is 18.1 Å². The number of fused-ring (bicyclic) bond motifs is 1. The lowest BCUT2D eigenvalue weighted by Crippen LogP contribution is -2.09. The van der Waals surface area contributed by atoms with Gasteiger partial charge in [0.25, 0.3) is 0 Å². The predicted molar refractivity (Wildman–Crippen MR) is 91.8 cm³/mol. The van der Waals surface area contributed by atoms with Gasteiger partial charge in [0.05, 0.1) is 12.1 Å². The van der Waals surface area contributed by atoms with Crippen LogP contribution in [0.5, 0.6) is 5.75 Å². The number of benzene rings is 2. The third-order valence-corrected chi connectivity index (χ3v) is 3.85. The number of aromatic nitrogens is 1. The van der Waals surface area contributed by atoms with Crippen molar-refractivity contribution in [1.29, 1.82) is 0 Å². The first-order valence-corrected chi connectivity index (χ1v) is 7.72. The van der Waals surface area contributed by atoms with E-state index in [1.165, 1.54) is 0 Å². The molecule has 0 aliphatic heterocycles.